The minimum atomic E-state index is -4.54. The molecule has 1 aromatic carbocycles. The number of hydrogen-bond acceptors (Lipinski definition) is 7. The molecule has 0 bridgehead atoms. The number of nitrogens with zero attached hydrogens (tertiary/aromatic N) is 7. The van der Waals surface area contributed by atoms with E-state index in [1.54, 1.807) is 35.3 Å². The van der Waals surface area contributed by atoms with Crippen LogP contribution in [0.15, 0.2) is 61.2 Å². The second-order valence-corrected chi connectivity index (χ2v) is 9.72. The molecule has 0 spiro atoms. The Kier molecular flexibility index (Phi) is 7.04. The molecule has 3 aromatic heterocycles. The summed E-state index contributed by atoms with van der Waals surface area (Å²) < 4.78 is 40.6. The summed E-state index contributed by atoms with van der Waals surface area (Å²) in [6.45, 7) is 3.74. The van der Waals surface area contributed by atoms with Gasteiger partial charge >= 0.3 is 6.18 Å². The van der Waals surface area contributed by atoms with Crippen LogP contribution < -0.4 is 10.2 Å². The van der Waals surface area contributed by atoms with Gasteiger partial charge in [0.05, 0.1) is 29.3 Å². The van der Waals surface area contributed by atoms with Crippen molar-refractivity contribution in [2.45, 2.75) is 25.6 Å². The maximum Gasteiger partial charge on any atom is 0.416 e. The largest absolute Gasteiger partial charge is 0.416 e. The van der Waals surface area contributed by atoms with E-state index in [-0.39, 0.29) is 11.4 Å². The predicted molar refractivity (Wildman–Crippen MR) is 141 cm³/mol. The Morgan fingerprint density at radius 1 is 1.13 bits per heavy atom. The number of hydrogen-bond donors (Lipinski definition) is 1. The van der Waals surface area contributed by atoms with Gasteiger partial charge in [0, 0.05) is 42.7 Å². The zero-order valence-electron chi connectivity index (χ0n) is 21.6. The molecule has 12 heteroatoms. The van der Waals surface area contributed by atoms with E-state index >= 15 is 0 Å². The fraction of sp³-hybridized carbons (Fsp3) is 0.296. The highest BCUT2D eigenvalue weighted by Gasteiger charge is 2.31. The first-order valence-electron chi connectivity index (χ1n) is 12.3. The third kappa shape index (κ3) is 5.75. The van der Waals surface area contributed by atoms with Crippen LogP contribution in [0, 0.1) is 6.92 Å². The van der Waals surface area contributed by atoms with Gasteiger partial charge in [-0.25, -0.2) is 9.67 Å². The molecule has 202 valence electrons. The van der Waals surface area contributed by atoms with E-state index in [2.05, 4.69) is 49.5 Å². The summed E-state index contributed by atoms with van der Waals surface area (Å²) in [5, 5.41) is 11.0. The molecular weight excluding hydrogens is 509 g/mol. The molecule has 1 fully saturated rings. The number of nitrogens with one attached hydrogen (secondary N) is 1. The molecule has 4 aromatic rings. The Morgan fingerprint density at radius 3 is 2.69 bits per heavy atom. The van der Waals surface area contributed by atoms with Crippen LogP contribution in [0.4, 0.5) is 24.7 Å². The average Bonchev–Trinajstić information content (AvgIpc) is 3.60. The van der Waals surface area contributed by atoms with Gasteiger partial charge in [-0.05, 0) is 63.3 Å². The summed E-state index contributed by atoms with van der Waals surface area (Å²) in [6, 6.07) is 9.10. The molecule has 0 radical (unpaired) electrons. The van der Waals surface area contributed by atoms with Gasteiger partial charge < -0.3 is 15.1 Å². The fourth-order valence-corrected chi connectivity index (χ4v) is 4.51. The Balaban J connectivity index is 1.36. The van der Waals surface area contributed by atoms with Crippen molar-refractivity contribution in [3.8, 4) is 16.9 Å². The Bertz CT molecular complexity index is 1500. The molecule has 9 nitrogen and oxygen atoms in total. The highest BCUT2D eigenvalue weighted by Crippen LogP contribution is 2.30. The SMILES string of the molecule is Cc1ccc(C(=O)Nc2cc(C(F)(F)F)ccn2)cc1-n1cc(-c2cncc(N3CCC(N(C)C)C3)c2)nn1. The molecule has 1 atom stereocenters. The van der Waals surface area contributed by atoms with Gasteiger partial charge in [0.2, 0.25) is 0 Å². The first kappa shape index (κ1) is 26.3. The number of rotatable bonds is 6. The number of alkyl halides is 3. The molecular formula is C27H27F3N8O. The van der Waals surface area contributed by atoms with Crippen LogP contribution in [0.2, 0.25) is 0 Å². The Morgan fingerprint density at radius 2 is 1.95 bits per heavy atom. The molecule has 1 saturated heterocycles. The van der Waals surface area contributed by atoms with Crippen molar-refractivity contribution in [3.63, 3.8) is 0 Å². The van der Waals surface area contributed by atoms with Crippen molar-refractivity contribution in [3.05, 3.63) is 77.9 Å². The quantitative estimate of drug-likeness (QED) is 0.390. The van der Waals surface area contributed by atoms with Crippen molar-refractivity contribution in [2.24, 2.45) is 0 Å². The number of anilines is 2. The number of amides is 1. The van der Waals surface area contributed by atoms with E-state index < -0.39 is 17.6 Å². The van der Waals surface area contributed by atoms with Gasteiger partial charge in [0.15, 0.2) is 0 Å². The number of aromatic nitrogens is 5. The van der Waals surface area contributed by atoms with Gasteiger partial charge in [0.25, 0.3) is 5.91 Å². The van der Waals surface area contributed by atoms with E-state index in [1.165, 1.54) is 0 Å². The van der Waals surface area contributed by atoms with E-state index in [4.69, 9.17) is 0 Å². The van der Waals surface area contributed by atoms with Crippen LogP contribution in [0.5, 0.6) is 0 Å². The Hall–Kier alpha value is -4.32. The molecule has 1 N–H and O–H groups in total. The van der Waals surface area contributed by atoms with Gasteiger partial charge in [-0.2, -0.15) is 13.2 Å². The zero-order valence-corrected chi connectivity index (χ0v) is 21.6. The number of pyridine rings is 2. The minimum Gasteiger partial charge on any atom is -0.369 e. The highest BCUT2D eigenvalue weighted by atomic mass is 19.4. The minimum absolute atomic E-state index is 0.192. The number of carbonyl (C=O) groups is 1. The zero-order chi connectivity index (χ0) is 27.7. The van der Waals surface area contributed by atoms with Crippen molar-refractivity contribution in [2.75, 3.05) is 37.4 Å². The number of aryl methyl sites for hydroxylation is 1. The lowest BCUT2D eigenvalue weighted by Crippen LogP contribution is -2.31. The molecule has 5 rings (SSSR count). The highest BCUT2D eigenvalue weighted by molar-refractivity contribution is 6.04. The molecule has 1 unspecified atom stereocenters. The van der Waals surface area contributed by atoms with Crippen LogP contribution in [-0.2, 0) is 6.18 Å². The lowest BCUT2D eigenvalue weighted by atomic mass is 10.1. The van der Waals surface area contributed by atoms with Crippen molar-refractivity contribution in [1.82, 2.24) is 29.9 Å². The van der Waals surface area contributed by atoms with Crippen LogP contribution in [0.3, 0.4) is 0 Å². The number of benzene rings is 1. The first-order valence-corrected chi connectivity index (χ1v) is 12.3. The molecule has 0 aliphatic carbocycles. The first-order chi connectivity index (χ1) is 18.6. The second kappa shape index (κ2) is 10.4. The molecule has 39 heavy (non-hydrogen) atoms. The van der Waals surface area contributed by atoms with E-state index in [0.29, 0.717) is 17.4 Å². The summed E-state index contributed by atoms with van der Waals surface area (Å²) >= 11 is 0. The monoisotopic (exact) mass is 536 g/mol. The van der Waals surface area contributed by atoms with Crippen molar-refractivity contribution in [1.29, 1.82) is 0 Å². The molecule has 0 saturated carbocycles. The third-order valence-electron chi connectivity index (χ3n) is 6.82. The van der Waals surface area contributed by atoms with Crippen LogP contribution >= 0.6 is 0 Å². The summed E-state index contributed by atoms with van der Waals surface area (Å²) in [7, 11) is 4.17. The molecule has 4 heterocycles. The second-order valence-electron chi connectivity index (χ2n) is 9.72. The van der Waals surface area contributed by atoms with Crippen LogP contribution in [-0.4, -0.2) is 69.0 Å². The normalized spacial score (nSPS) is 15.7. The van der Waals surface area contributed by atoms with Gasteiger partial charge in [-0.3, -0.25) is 9.78 Å². The summed E-state index contributed by atoms with van der Waals surface area (Å²) in [6.07, 6.45) is 2.88. The lowest BCUT2D eigenvalue weighted by Gasteiger charge is -2.21. The van der Waals surface area contributed by atoms with E-state index in [9.17, 15) is 18.0 Å². The van der Waals surface area contributed by atoms with Crippen molar-refractivity contribution >= 4 is 17.4 Å². The Labute approximate surface area is 223 Å². The molecule has 1 amide bonds. The maximum absolute atomic E-state index is 13.0. The smallest absolute Gasteiger partial charge is 0.369 e. The number of likely N-dealkylation sites (N-methyl/N-ethyl adjacent to an activating group) is 1. The lowest BCUT2D eigenvalue weighted by molar-refractivity contribution is -0.137. The molecule has 1 aliphatic heterocycles. The van der Waals surface area contributed by atoms with Crippen LogP contribution in [0.1, 0.15) is 27.9 Å². The maximum atomic E-state index is 13.0. The standard InChI is InChI=1S/C27H27F3N8O/c1-17-4-5-18(26(39)33-25-12-20(6-8-32-25)27(28,29)30)11-24(17)38-16-23(34-35-38)19-10-22(14-31-13-19)37-9-7-21(15-37)36(2)3/h4-6,8,10-14,16,21H,7,9,15H2,1-3H3,(H,32,33,39). The van der Waals surface area contributed by atoms with E-state index in [1.807, 2.05) is 19.2 Å². The van der Waals surface area contributed by atoms with Gasteiger partial charge in [0.1, 0.15) is 11.5 Å². The predicted octanol–water partition coefficient (Wildman–Crippen LogP) is 4.44. The summed E-state index contributed by atoms with van der Waals surface area (Å²) in [5.41, 5.74) is 3.23. The third-order valence-corrected chi connectivity index (χ3v) is 6.82. The van der Waals surface area contributed by atoms with Gasteiger partial charge in [-0.15, -0.1) is 5.10 Å². The molecule has 1 aliphatic rings. The van der Waals surface area contributed by atoms with Crippen molar-refractivity contribution < 1.29 is 18.0 Å². The number of carbonyl (C=O) groups excluding carboxylic acids is 1. The average molecular weight is 537 g/mol. The van der Waals surface area contributed by atoms with Gasteiger partial charge in [-0.1, -0.05) is 11.3 Å². The summed E-state index contributed by atoms with van der Waals surface area (Å²) in [5.74, 6) is -0.788. The fourth-order valence-electron chi connectivity index (χ4n) is 4.51. The summed E-state index contributed by atoms with van der Waals surface area (Å²) in [4.78, 5) is 25.6. The van der Waals surface area contributed by atoms with E-state index in [0.717, 1.165) is 54.7 Å². The number of halogens is 3. The van der Waals surface area contributed by atoms with Crippen LogP contribution in [0.25, 0.3) is 16.9 Å². The topological polar surface area (TPSA) is 92.1 Å².